The quantitative estimate of drug-likeness (QED) is 0.590. The maximum Gasteiger partial charge on any atom is 0.365 e. The van der Waals surface area contributed by atoms with E-state index in [1.807, 2.05) is 0 Å². The molecule has 0 radical (unpaired) electrons. The number of carbonyl (C=O) groups is 3. The predicted molar refractivity (Wildman–Crippen MR) is 92.7 cm³/mol. The van der Waals surface area contributed by atoms with Gasteiger partial charge in [-0.15, -0.1) is 5.06 Å². The van der Waals surface area contributed by atoms with Gasteiger partial charge in [0.1, 0.15) is 0 Å². The summed E-state index contributed by atoms with van der Waals surface area (Å²) in [5.41, 5.74) is 0.873. The maximum absolute atomic E-state index is 12.0. The van der Waals surface area contributed by atoms with E-state index in [1.165, 1.54) is 6.20 Å². The number of rotatable bonds is 5. The Kier molecular flexibility index (Phi) is 5.43. The van der Waals surface area contributed by atoms with Crippen molar-refractivity contribution in [2.75, 3.05) is 0 Å². The van der Waals surface area contributed by atoms with Gasteiger partial charge in [-0.3, -0.25) is 14.6 Å². The fourth-order valence-corrected chi connectivity index (χ4v) is 2.84. The molecule has 1 aromatic heterocycles. The third kappa shape index (κ3) is 4.52. The van der Waals surface area contributed by atoms with Crippen LogP contribution in [0, 0.1) is 0 Å². The van der Waals surface area contributed by atoms with Gasteiger partial charge >= 0.3 is 5.97 Å². The summed E-state index contributed by atoms with van der Waals surface area (Å²) >= 11 is 0. The number of nitrogens with zero attached hydrogens (tertiary/aromatic N) is 2. The zero-order chi connectivity index (χ0) is 18.8. The topological polar surface area (TPSA) is 85.8 Å². The van der Waals surface area contributed by atoms with Gasteiger partial charge in [0.2, 0.25) is 0 Å². The van der Waals surface area contributed by atoms with Crippen molar-refractivity contribution in [2.24, 2.45) is 0 Å². The minimum absolute atomic E-state index is 0.0636. The summed E-state index contributed by atoms with van der Waals surface area (Å²) in [6.07, 6.45) is 1.49. The normalized spacial score (nSPS) is 15.6. The van der Waals surface area contributed by atoms with Crippen molar-refractivity contribution in [2.45, 2.75) is 58.4 Å². The monoisotopic (exact) mass is 364 g/mol. The van der Waals surface area contributed by atoms with Gasteiger partial charge < -0.3 is 9.26 Å². The first-order valence-electron chi connectivity index (χ1n) is 8.18. The molecule has 2 rings (SSSR count). The number of pyridine rings is 1. The van der Waals surface area contributed by atoms with E-state index in [4.69, 9.17) is 9.26 Å². The van der Waals surface area contributed by atoms with Crippen molar-refractivity contribution in [3.8, 4) is 0 Å². The van der Waals surface area contributed by atoms with Crippen LogP contribution < -0.4 is 0 Å². The van der Waals surface area contributed by atoms with Crippen LogP contribution in [0.25, 0.3) is 0 Å². The molecule has 0 unspecified atom stereocenters. The van der Waals surface area contributed by atoms with Gasteiger partial charge in [-0.1, -0.05) is 20.8 Å². The summed E-state index contributed by atoms with van der Waals surface area (Å²) < 4.78 is 6.08. The van der Waals surface area contributed by atoms with E-state index in [2.05, 4.69) is 38.8 Å². The number of amides is 2. The molecule has 1 aromatic rings. The predicted octanol–water partition coefficient (Wildman–Crippen LogP) is 2.82. The lowest BCUT2D eigenvalue weighted by atomic mass is 10.2. The van der Waals surface area contributed by atoms with Crippen molar-refractivity contribution in [3.05, 3.63) is 29.6 Å². The van der Waals surface area contributed by atoms with Gasteiger partial charge in [-0.25, -0.2) is 4.79 Å². The largest absolute Gasteiger partial charge is 0.411 e. The maximum atomic E-state index is 12.0. The first-order chi connectivity index (χ1) is 11.5. The van der Waals surface area contributed by atoms with Crippen LogP contribution in [0.5, 0.6) is 0 Å². The molecule has 25 heavy (non-hydrogen) atoms. The zero-order valence-electron chi connectivity index (χ0n) is 15.3. The number of imide groups is 1. The van der Waals surface area contributed by atoms with E-state index in [9.17, 15) is 14.4 Å². The van der Waals surface area contributed by atoms with E-state index in [1.54, 1.807) is 12.1 Å². The molecule has 0 N–H and O–H groups in total. The molecule has 2 amide bonds. The SMILES string of the molecule is CC(C)(C)[Si](C)(C)OCc1ccc(C(=O)ON2C(=O)CCC2=O)cn1. The molecule has 0 aliphatic carbocycles. The highest BCUT2D eigenvalue weighted by Gasteiger charge is 2.37. The Morgan fingerprint density at radius 2 is 1.80 bits per heavy atom. The Morgan fingerprint density at radius 1 is 1.20 bits per heavy atom. The molecule has 0 spiro atoms. The minimum Gasteiger partial charge on any atom is -0.411 e. The summed E-state index contributed by atoms with van der Waals surface area (Å²) in [4.78, 5) is 44.0. The zero-order valence-corrected chi connectivity index (χ0v) is 16.3. The summed E-state index contributed by atoms with van der Waals surface area (Å²) in [6.45, 7) is 11.2. The number of aromatic nitrogens is 1. The first kappa shape index (κ1) is 19.3. The summed E-state index contributed by atoms with van der Waals surface area (Å²) in [6, 6.07) is 3.22. The molecule has 8 heteroatoms. The van der Waals surface area contributed by atoms with Crippen LogP contribution in [0.1, 0.15) is 49.7 Å². The lowest BCUT2D eigenvalue weighted by Gasteiger charge is -2.36. The molecule has 0 aromatic carbocycles. The Morgan fingerprint density at radius 3 is 2.28 bits per heavy atom. The second-order valence-corrected chi connectivity index (χ2v) is 12.4. The minimum atomic E-state index is -1.88. The molecule has 1 fully saturated rings. The number of hydrogen-bond acceptors (Lipinski definition) is 6. The van der Waals surface area contributed by atoms with E-state index in [0.29, 0.717) is 17.4 Å². The van der Waals surface area contributed by atoms with Crippen molar-refractivity contribution in [1.82, 2.24) is 10.0 Å². The lowest BCUT2D eigenvalue weighted by Crippen LogP contribution is -2.40. The summed E-state index contributed by atoms with van der Waals surface area (Å²) in [7, 11) is -1.88. The Bertz CT molecular complexity index is 663. The van der Waals surface area contributed by atoms with Crippen LogP contribution in [-0.2, 0) is 25.5 Å². The molecule has 1 saturated heterocycles. The molecule has 0 atom stereocenters. The van der Waals surface area contributed by atoms with Gasteiger partial charge in [-0.05, 0) is 30.3 Å². The second kappa shape index (κ2) is 7.05. The third-order valence-corrected chi connectivity index (χ3v) is 9.11. The van der Waals surface area contributed by atoms with Crippen LogP contribution in [0.15, 0.2) is 18.3 Å². The van der Waals surface area contributed by atoms with Gasteiger partial charge in [-0.2, -0.15) is 0 Å². The van der Waals surface area contributed by atoms with Crippen molar-refractivity contribution >= 4 is 26.1 Å². The fraction of sp³-hybridized carbons (Fsp3) is 0.529. The summed E-state index contributed by atoms with van der Waals surface area (Å²) in [5, 5.41) is 0.627. The van der Waals surface area contributed by atoms with E-state index in [0.717, 1.165) is 0 Å². The molecule has 7 nitrogen and oxygen atoms in total. The molecular formula is C17H24N2O5Si. The Hall–Kier alpha value is -2.06. The van der Waals surface area contributed by atoms with E-state index in [-0.39, 0.29) is 23.4 Å². The lowest BCUT2D eigenvalue weighted by molar-refractivity contribution is -0.172. The molecule has 2 heterocycles. The van der Waals surface area contributed by atoms with Gasteiger partial charge in [0.25, 0.3) is 11.8 Å². The Balaban J connectivity index is 1.96. The molecule has 1 aliphatic rings. The average Bonchev–Trinajstić information content (AvgIpc) is 2.84. The smallest absolute Gasteiger partial charge is 0.365 e. The second-order valence-electron chi connectivity index (χ2n) is 7.55. The highest BCUT2D eigenvalue weighted by atomic mass is 28.4. The third-order valence-electron chi connectivity index (χ3n) is 4.63. The number of carbonyl (C=O) groups excluding carboxylic acids is 3. The van der Waals surface area contributed by atoms with Crippen LogP contribution in [-0.4, -0.2) is 36.1 Å². The van der Waals surface area contributed by atoms with Crippen molar-refractivity contribution < 1.29 is 23.6 Å². The van der Waals surface area contributed by atoms with Crippen molar-refractivity contribution in [1.29, 1.82) is 0 Å². The van der Waals surface area contributed by atoms with Crippen LogP contribution in [0.3, 0.4) is 0 Å². The van der Waals surface area contributed by atoms with Gasteiger partial charge in [0.05, 0.1) is 17.9 Å². The number of hydrogen-bond donors (Lipinski definition) is 0. The first-order valence-corrected chi connectivity index (χ1v) is 11.1. The molecular weight excluding hydrogens is 340 g/mol. The number of hydroxylamine groups is 2. The van der Waals surface area contributed by atoms with Crippen molar-refractivity contribution in [3.63, 3.8) is 0 Å². The average molecular weight is 364 g/mol. The fourth-order valence-electron chi connectivity index (χ4n) is 1.89. The van der Waals surface area contributed by atoms with Crippen LogP contribution >= 0.6 is 0 Å². The highest BCUT2D eigenvalue weighted by Crippen LogP contribution is 2.36. The van der Waals surface area contributed by atoms with E-state index < -0.39 is 26.1 Å². The van der Waals surface area contributed by atoms with Gasteiger partial charge in [0.15, 0.2) is 8.32 Å². The molecule has 0 saturated carbocycles. The molecule has 136 valence electrons. The molecule has 0 bridgehead atoms. The van der Waals surface area contributed by atoms with Crippen LogP contribution in [0.2, 0.25) is 18.1 Å². The van der Waals surface area contributed by atoms with E-state index >= 15 is 0 Å². The standard InChI is InChI=1S/C17H24N2O5Si/c1-17(2,3)25(4,5)23-11-13-7-6-12(10-18-13)16(22)24-19-14(20)8-9-15(19)21/h6-7,10H,8-9,11H2,1-5H3. The molecule has 1 aliphatic heterocycles. The highest BCUT2D eigenvalue weighted by molar-refractivity contribution is 6.74. The summed E-state index contributed by atoms with van der Waals surface area (Å²) in [5.74, 6) is -1.80. The Labute approximate surface area is 148 Å². The van der Waals surface area contributed by atoms with Gasteiger partial charge in [0, 0.05) is 19.0 Å². The van der Waals surface area contributed by atoms with Crippen LogP contribution in [0.4, 0.5) is 0 Å².